The summed E-state index contributed by atoms with van der Waals surface area (Å²) < 4.78 is 0. The van der Waals surface area contributed by atoms with Gasteiger partial charge in [-0.05, 0) is 0 Å². The van der Waals surface area contributed by atoms with Crippen molar-refractivity contribution in [2.75, 3.05) is 7.05 Å². The van der Waals surface area contributed by atoms with E-state index in [1.54, 1.807) is 6.92 Å². The third kappa shape index (κ3) is 2.10. The first-order valence-corrected chi connectivity index (χ1v) is 5.04. The SMILES string of the molecule is CNC(=O)C(CC=O)N1C(=O)CC(C)C1=O. The van der Waals surface area contributed by atoms with Crippen molar-refractivity contribution in [3.8, 4) is 0 Å². The zero-order valence-electron chi connectivity index (χ0n) is 9.23. The number of rotatable bonds is 4. The highest BCUT2D eigenvalue weighted by Gasteiger charge is 2.42. The highest BCUT2D eigenvalue weighted by atomic mass is 16.2. The summed E-state index contributed by atoms with van der Waals surface area (Å²) in [6.07, 6.45) is 0.471. The predicted molar refractivity (Wildman–Crippen MR) is 54.2 cm³/mol. The smallest absolute Gasteiger partial charge is 0.243 e. The van der Waals surface area contributed by atoms with E-state index in [0.717, 1.165) is 4.90 Å². The second-order valence-electron chi connectivity index (χ2n) is 3.74. The van der Waals surface area contributed by atoms with Crippen LogP contribution in [0.25, 0.3) is 0 Å². The van der Waals surface area contributed by atoms with Crippen LogP contribution in [0.4, 0.5) is 0 Å². The van der Waals surface area contributed by atoms with Gasteiger partial charge in [-0.25, -0.2) is 0 Å². The number of nitrogens with one attached hydrogen (secondary N) is 1. The van der Waals surface area contributed by atoms with Gasteiger partial charge in [0.15, 0.2) is 0 Å². The zero-order valence-corrected chi connectivity index (χ0v) is 9.23. The van der Waals surface area contributed by atoms with E-state index in [9.17, 15) is 19.2 Å². The first kappa shape index (κ1) is 12.4. The van der Waals surface area contributed by atoms with Gasteiger partial charge in [0.2, 0.25) is 17.7 Å². The van der Waals surface area contributed by atoms with Crippen molar-refractivity contribution >= 4 is 24.0 Å². The van der Waals surface area contributed by atoms with E-state index in [1.807, 2.05) is 0 Å². The highest BCUT2D eigenvalue weighted by Crippen LogP contribution is 2.22. The van der Waals surface area contributed by atoms with Crippen LogP contribution in [-0.4, -0.2) is 42.0 Å². The summed E-state index contributed by atoms with van der Waals surface area (Å²) in [7, 11) is 1.40. The molecule has 6 heteroatoms. The molecular formula is C10H14N2O4. The Labute approximate surface area is 93.0 Å². The van der Waals surface area contributed by atoms with E-state index >= 15 is 0 Å². The molecule has 3 amide bonds. The Bertz CT molecular complexity index is 340. The van der Waals surface area contributed by atoms with Gasteiger partial charge in [-0.15, -0.1) is 0 Å². The summed E-state index contributed by atoms with van der Waals surface area (Å²) in [5.74, 6) is -1.69. The fraction of sp³-hybridized carbons (Fsp3) is 0.600. The van der Waals surface area contributed by atoms with Crippen LogP contribution in [0.2, 0.25) is 0 Å². The molecule has 0 aliphatic carbocycles. The Kier molecular flexibility index (Phi) is 3.76. The number of likely N-dealkylation sites (N-methyl/N-ethyl adjacent to an activating group) is 1. The standard InChI is InChI=1S/C10H14N2O4/c1-6-5-8(14)12(10(6)16)7(3-4-13)9(15)11-2/h4,6-7H,3,5H2,1-2H3,(H,11,15). The maximum absolute atomic E-state index is 11.7. The quantitative estimate of drug-likeness (QED) is 0.496. The lowest BCUT2D eigenvalue weighted by Gasteiger charge is -2.23. The predicted octanol–water partition coefficient (Wildman–Crippen LogP) is -0.915. The molecule has 1 aliphatic rings. The van der Waals surface area contributed by atoms with E-state index in [4.69, 9.17) is 0 Å². The van der Waals surface area contributed by atoms with Gasteiger partial charge in [0, 0.05) is 25.8 Å². The molecule has 0 spiro atoms. The molecule has 0 aromatic carbocycles. The maximum atomic E-state index is 11.7. The second kappa shape index (κ2) is 4.87. The van der Waals surface area contributed by atoms with Crippen molar-refractivity contribution in [3.05, 3.63) is 0 Å². The number of carbonyl (C=O) groups is 4. The lowest BCUT2D eigenvalue weighted by Crippen LogP contribution is -2.49. The Morgan fingerprint density at radius 2 is 2.25 bits per heavy atom. The summed E-state index contributed by atoms with van der Waals surface area (Å²) >= 11 is 0. The molecule has 1 saturated heterocycles. The number of likely N-dealkylation sites (tertiary alicyclic amines) is 1. The number of amides is 3. The molecule has 1 heterocycles. The Morgan fingerprint density at radius 1 is 1.62 bits per heavy atom. The molecule has 88 valence electrons. The number of imide groups is 1. The van der Waals surface area contributed by atoms with Crippen molar-refractivity contribution in [2.24, 2.45) is 5.92 Å². The van der Waals surface area contributed by atoms with E-state index in [0.29, 0.717) is 6.29 Å². The molecule has 2 atom stereocenters. The van der Waals surface area contributed by atoms with Crippen molar-refractivity contribution in [3.63, 3.8) is 0 Å². The van der Waals surface area contributed by atoms with Crippen LogP contribution in [-0.2, 0) is 19.2 Å². The number of nitrogens with zero attached hydrogens (tertiary/aromatic N) is 1. The van der Waals surface area contributed by atoms with Gasteiger partial charge < -0.3 is 10.1 Å². The van der Waals surface area contributed by atoms with Crippen LogP contribution >= 0.6 is 0 Å². The zero-order chi connectivity index (χ0) is 12.3. The van der Waals surface area contributed by atoms with E-state index < -0.39 is 23.8 Å². The first-order valence-electron chi connectivity index (χ1n) is 5.04. The molecule has 16 heavy (non-hydrogen) atoms. The van der Waals surface area contributed by atoms with Crippen molar-refractivity contribution in [1.82, 2.24) is 10.2 Å². The van der Waals surface area contributed by atoms with Crippen LogP contribution in [0.5, 0.6) is 0 Å². The average Bonchev–Trinajstić information content (AvgIpc) is 2.50. The summed E-state index contributed by atoms with van der Waals surface area (Å²) in [6, 6.07) is -1.01. The highest BCUT2D eigenvalue weighted by molar-refractivity contribution is 6.07. The third-order valence-corrected chi connectivity index (χ3v) is 2.59. The van der Waals surface area contributed by atoms with Gasteiger partial charge in [-0.1, -0.05) is 6.92 Å². The molecule has 0 bridgehead atoms. The molecule has 1 aliphatic heterocycles. The summed E-state index contributed by atoms with van der Waals surface area (Å²) in [5, 5.41) is 2.34. The van der Waals surface area contributed by atoms with E-state index in [-0.39, 0.29) is 18.7 Å². The Morgan fingerprint density at radius 3 is 2.62 bits per heavy atom. The first-order chi connectivity index (χ1) is 7.52. The molecule has 0 aromatic rings. The van der Waals surface area contributed by atoms with Gasteiger partial charge in [0.25, 0.3) is 0 Å². The Balaban J connectivity index is 2.94. The largest absolute Gasteiger partial charge is 0.357 e. The van der Waals surface area contributed by atoms with Crippen molar-refractivity contribution in [1.29, 1.82) is 0 Å². The van der Waals surface area contributed by atoms with Crippen LogP contribution < -0.4 is 5.32 Å². The minimum absolute atomic E-state index is 0.102. The topological polar surface area (TPSA) is 83.6 Å². The fourth-order valence-corrected chi connectivity index (χ4v) is 1.72. The molecule has 6 nitrogen and oxygen atoms in total. The van der Waals surface area contributed by atoms with Crippen LogP contribution in [0.15, 0.2) is 0 Å². The molecule has 1 rings (SSSR count). The number of hydrogen-bond acceptors (Lipinski definition) is 4. The van der Waals surface area contributed by atoms with Crippen LogP contribution in [0, 0.1) is 5.92 Å². The molecule has 0 aromatic heterocycles. The molecule has 2 unspecified atom stereocenters. The number of carbonyl (C=O) groups excluding carboxylic acids is 4. The van der Waals surface area contributed by atoms with Gasteiger partial charge in [-0.2, -0.15) is 0 Å². The Hall–Kier alpha value is -1.72. The number of aldehydes is 1. The van der Waals surface area contributed by atoms with E-state index in [2.05, 4.69) is 5.32 Å². The van der Waals surface area contributed by atoms with Gasteiger partial charge in [0.05, 0.1) is 0 Å². The average molecular weight is 226 g/mol. The van der Waals surface area contributed by atoms with E-state index in [1.165, 1.54) is 7.05 Å². The summed E-state index contributed by atoms with van der Waals surface area (Å²) in [4.78, 5) is 46.0. The summed E-state index contributed by atoms with van der Waals surface area (Å²) in [6.45, 7) is 1.63. The summed E-state index contributed by atoms with van der Waals surface area (Å²) in [5.41, 5.74) is 0. The minimum atomic E-state index is -1.01. The molecule has 1 N–H and O–H groups in total. The van der Waals surface area contributed by atoms with Crippen LogP contribution in [0.1, 0.15) is 19.8 Å². The molecule has 1 fully saturated rings. The van der Waals surface area contributed by atoms with Crippen LogP contribution in [0.3, 0.4) is 0 Å². The number of hydrogen-bond donors (Lipinski definition) is 1. The van der Waals surface area contributed by atoms with Gasteiger partial charge in [0.1, 0.15) is 12.3 Å². The lowest BCUT2D eigenvalue weighted by molar-refractivity contribution is -0.147. The lowest BCUT2D eigenvalue weighted by atomic mass is 10.1. The van der Waals surface area contributed by atoms with Gasteiger partial charge >= 0.3 is 0 Å². The van der Waals surface area contributed by atoms with Crippen molar-refractivity contribution in [2.45, 2.75) is 25.8 Å². The molecule has 0 saturated carbocycles. The monoisotopic (exact) mass is 226 g/mol. The minimum Gasteiger partial charge on any atom is -0.357 e. The fourth-order valence-electron chi connectivity index (χ4n) is 1.72. The van der Waals surface area contributed by atoms with Crippen molar-refractivity contribution < 1.29 is 19.2 Å². The maximum Gasteiger partial charge on any atom is 0.243 e. The second-order valence-corrected chi connectivity index (χ2v) is 3.74. The third-order valence-electron chi connectivity index (χ3n) is 2.59. The van der Waals surface area contributed by atoms with Gasteiger partial charge in [-0.3, -0.25) is 19.3 Å². The molecule has 0 radical (unpaired) electrons. The molecular weight excluding hydrogens is 212 g/mol. The normalized spacial score (nSPS) is 22.1.